The summed E-state index contributed by atoms with van der Waals surface area (Å²) in [7, 11) is 0. The molecule has 3 amide bonds. The second kappa shape index (κ2) is 9.15. The van der Waals surface area contributed by atoms with E-state index < -0.39 is 11.8 Å². The Balaban J connectivity index is 1.08. The first-order valence-corrected chi connectivity index (χ1v) is 12.3. The van der Waals surface area contributed by atoms with Gasteiger partial charge in [0.25, 0.3) is 11.8 Å². The van der Waals surface area contributed by atoms with E-state index in [0.29, 0.717) is 17.7 Å². The van der Waals surface area contributed by atoms with Crippen molar-refractivity contribution in [2.45, 2.75) is 13.8 Å². The first-order chi connectivity index (χ1) is 16.4. The van der Waals surface area contributed by atoms with Gasteiger partial charge in [-0.3, -0.25) is 24.2 Å². The second-order valence-corrected chi connectivity index (χ2v) is 9.82. The molecule has 176 valence electrons. The molecule has 2 aromatic carbocycles. The average molecular weight is 478 g/mol. The number of imide groups is 1. The average Bonchev–Trinajstić information content (AvgIpc) is 3.35. The molecule has 3 heterocycles. The van der Waals surface area contributed by atoms with Crippen LogP contribution in [-0.2, 0) is 4.79 Å². The molecule has 2 aliphatic heterocycles. The van der Waals surface area contributed by atoms with Crippen molar-refractivity contribution in [1.82, 2.24) is 20.1 Å². The van der Waals surface area contributed by atoms with Crippen molar-refractivity contribution in [1.29, 1.82) is 0 Å². The highest BCUT2D eigenvalue weighted by Gasteiger charge is 2.36. The third kappa shape index (κ3) is 4.28. The highest BCUT2D eigenvalue weighted by Crippen LogP contribution is 2.32. The molecule has 3 aromatic rings. The summed E-state index contributed by atoms with van der Waals surface area (Å²) in [5.74, 6) is -1.15. The molecule has 0 saturated carbocycles. The molecule has 34 heavy (non-hydrogen) atoms. The standard InChI is InChI=1S/C25H27N5O3S/c1-16-13-17(2)22-20(14-16)27-25(34-22)29-11-9-28(10-12-29)8-7-26-21(31)15-30-23(32)18-5-3-4-6-19(18)24(30)33/h3-6,13-14H,7-12,15H2,1-2H3,(H,26,31). The van der Waals surface area contributed by atoms with Crippen molar-refractivity contribution in [3.63, 3.8) is 0 Å². The molecule has 2 aliphatic rings. The Kier molecular flexibility index (Phi) is 6.05. The van der Waals surface area contributed by atoms with Gasteiger partial charge in [0.1, 0.15) is 6.54 Å². The first kappa shape index (κ1) is 22.5. The minimum absolute atomic E-state index is 0.253. The zero-order chi connectivity index (χ0) is 23.8. The first-order valence-electron chi connectivity index (χ1n) is 11.5. The van der Waals surface area contributed by atoms with Crippen LogP contribution in [0.25, 0.3) is 10.2 Å². The molecule has 0 spiro atoms. The van der Waals surface area contributed by atoms with Gasteiger partial charge < -0.3 is 10.2 Å². The number of benzene rings is 2. The molecule has 0 aliphatic carbocycles. The van der Waals surface area contributed by atoms with Gasteiger partial charge in [0.05, 0.1) is 21.3 Å². The van der Waals surface area contributed by atoms with E-state index in [2.05, 4.69) is 41.1 Å². The lowest BCUT2D eigenvalue weighted by Gasteiger charge is -2.34. The number of hydrogen-bond donors (Lipinski definition) is 1. The third-order valence-electron chi connectivity index (χ3n) is 6.38. The number of amides is 3. The molecule has 1 fully saturated rings. The van der Waals surface area contributed by atoms with E-state index in [-0.39, 0.29) is 12.5 Å². The van der Waals surface area contributed by atoms with E-state index in [0.717, 1.165) is 48.3 Å². The van der Waals surface area contributed by atoms with Crippen molar-refractivity contribution in [2.24, 2.45) is 0 Å². The highest BCUT2D eigenvalue weighted by molar-refractivity contribution is 7.22. The Morgan fingerprint density at radius 3 is 2.38 bits per heavy atom. The van der Waals surface area contributed by atoms with Gasteiger partial charge in [-0.25, -0.2) is 4.98 Å². The molecule has 1 N–H and O–H groups in total. The maximum atomic E-state index is 12.4. The summed E-state index contributed by atoms with van der Waals surface area (Å²) in [6.45, 7) is 8.74. The van der Waals surface area contributed by atoms with Crippen LogP contribution in [0, 0.1) is 13.8 Å². The largest absolute Gasteiger partial charge is 0.353 e. The van der Waals surface area contributed by atoms with Crippen molar-refractivity contribution >= 4 is 44.4 Å². The van der Waals surface area contributed by atoms with Gasteiger partial charge in [0.2, 0.25) is 5.91 Å². The maximum absolute atomic E-state index is 12.4. The summed E-state index contributed by atoms with van der Waals surface area (Å²) >= 11 is 1.75. The Morgan fingerprint density at radius 2 is 1.71 bits per heavy atom. The fourth-order valence-corrected chi connectivity index (χ4v) is 5.67. The number of nitrogens with zero attached hydrogens (tertiary/aromatic N) is 4. The third-order valence-corrected chi connectivity index (χ3v) is 7.65. The number of thiazole rings is 1. The van der Waals surface area contributed by atoms with Crippen LogP contribution in [0.4, 0.5) is 5.13 Å². The molecular formula is C25H27N5O3S. The van der Waals surface area contributed by atoms with Crippen molar-refractivity contribution in [2.75, 3.05) is 50.7 Å². The highest BCUT2D eigenvalue weighted by atomic mass is 32.1. The van der Waals surface area contributed by atoms with Crippen molar-refractivity contribution in [3.05, 3.63) is 58.7 Å². The normalized spacial score (nSPS) is 16.4. The molecule has 0 bridgehead atoms. The predicted molar refractivity (Wildman–Crippen MR) is 133 cm³/mol. The lowest BCUT2D eigenvalue weighted by atomic mass is 10.1. The molecule has 8 nitrogen and oxygen atoms in total. The number of anilines is 1. The van der Waals surface area contributed by atoms with Gasteiger partial charge in [-0.2, -0.15) is 0 Å². The maximum Gasteiger partial charge on any atom is 0.262 e. The fourth-order valence-electron chi connectivity index (χ4n) is 4.60. The van der Waals surface area contributed by atoms with Crippen molar-refractivity contribution in [3.8, 4) is 0 Å². The van der Waals surface area contributed by atoms with Crippen LogP contribution in [0.1, 0.15) is 31.8 Å². The molecular weight excluding hydrogens is 450 g/mol. The van der Waals surface area contributed by atoms with Crippen LogP contribution in [0.5, 0.6) is 0 Å². The molecule has 1 aromatic heterocycles. The van der Waals surface area contributed by atoms with Gasteiger partial charge in [0.15, 0.2) is 5.13 Å². The Hall–Kier alpha value is -3.30. The van der Waals surface area contributed by atoms with E-state index in [4.69, 9.17) is 4.98 Å². The predicted octanol–water partition coefficient (Wildman–Crippen LogP) is 2.45. The number of carbonyl (C=O) groups is 3. The van der Waals surface area contributed by atoms with Crippen LogP contribution in [0.2, 0.25) is 0 Å². The number of aromatic nitrogens is 1. The van der Waals surface area contributed by atoms with Gasteiger partial charge >= 0.3 is 0 Å². The molecule has 1 saturated heterocycles. The van der Waals surface area contributed by atoms with Gasteiger partial charge in [0, 0.05) is 39.3 Å². The van der Waals surface area contributed by atoms with Gasteiger partial charge in [-0.05, 0) is 43.2 Å². The number of nitrogens with one attached hydrogen (secondary N) is 1. The molecule has 0 radical (unpaired) electrons. The molecule has 9 heteroatoms. The van der Waals surface area contributed by atoms with Crippen LogP contribution in [0.3, 0.4) is 0 Å². The minimum atomic E-state index is -0.410. The van der Waals surface area contributed by atoms with E-state index in [1.807, 2.05) is 0 Å². The van der Waals surface area contributed by atoms with E-state index in [9.17, 15) is 14.4 Å². The van der Waals surface area contributed by atoms with E-state index >= 15 is 0 Å². The Morgan fingerprint density at radius 1 is 1.03 bits per heavy atom. The Labute approximate surface area is 202 Å². The molecule has 0 atom stereocenters. The lowest BCUT2D eigenvalue weighted by molar-refractivity contribution is -0.121. The number of carbonyl (C=O) groups excluding carboxylic acids is 3. The number of hydrogen-bond acceptors (Lipinski definition) is 7. The Bertz CT molecular complexity index is 1240. The zero-order valence-electron chi connectivity index (χ0n) is 19.3. The summed E-state index contributed by atoms with van der Waals surface area (Å²) in [6.07, 6.45) is 0. The van der Waals surface area contributed by atoms with E-state index in [1.165, 1.54) is 15.8 Å². The fraction of sp³-hybridized carbons (Fsp3) is 0.360. The zero-order valence-corrected chi connectivity index (χ0v) is 20.2. The molecule has 5 rings (SSSR count). The number of rotatable bonds is 6. The summed E-state index contributed by atoms with van der Waals surface area (Å²) in [5, 5.41) is 3.91. The van der Waals surface area contributed by atoms with Gasteiger partial charge in [-0.1, -0.05) is 29.5 Å². The second-order valence-electron chi connectivity index (χ2n) is 8.85. The van der Waals surface area contributed by atoms with Crippen molar-refractivity contribution < 1.29 is 14.4 Å². The van der Waals surface area contributed by atoms with Crippen LogP contribution in [-0.4, -0.2) is 78.3 Å². The van der Waals surface area contributed by atoms with Crippen LogP contribution < -0.4 is 10.2 Å². The number of aryl methyl sites for hydroxylation is 2. The minimum Gasteiger partial charge on any atom is -0.353 e. The summed E-state index contributed by atoms with van der Waals surface area (Å²) in [5.41, 5.74) is 4.29. The van der Waals surface area contributed by atoms with Gasteiger partial charge in [-0.15, -0.1) is 0 Å². The topological polar surface area (TPSA) is 85.9 Å². The quantitative estimate of drug-likeness (QED) is 0.549. The van der Waals surface area contributed by atoms with Crippen LogP contribution >= 0.6 is 11.3 Å². The SMILES string of the molecule is Cc1cc(C)c2sc(N3CCN(CCNC(=O)CN4C(=O)c5ccccc5C4=O)CC3)nc2c1. The lowest BCUT2D eigenvalue weighted by Crippen LogP contribution is -2.49. The molecule has 0 unspecified atom stereocenters. The monoisotopic (exact) mass is 477 g/mol. The number of piperazine rings is 1. The summed E-state index contributed by atoms with van der Waals surface area (Å²) in [6, 6.07) is 11.0. The summed E-state index contributed by atoms with van der Waals surface area (Å²) in [4.78, 5) is 47.7. The smallest absolute Gasteiger partial charge is 0.262 e. The van der Waals surface area contributed by atoms with Crippen LogP contribution in [0.15, 0.2) is 36.4 Å². The summed E-state index contributed by atoms with van der Waals surface area (Å²) < 4.78 is 1.25. The number of fused-ring (bicyclic) bond motifs is 2. The van der Waals surface area contributed by atoms with E-state index in [1.54, 1.807) is 35.6 Å².